The van der Waals surface area contributed by atoms with Crippen LogP contribution in [-0.2, 0) is 0 Å². The van der Waals surface area contributed by atoms with Gasteiger partial charge in [-0.05, 0) is 18.2 Å². The minimum atomic E-state index is -0.603. The predicted octanol–water partition coefficient (Wildman–Crippen LogP) is 2.67. The van der Waals surface area contributed by atoms with Crippen molar-refractivity contribution in [3.8, 4) is 6.07 Å². The summed E-state index contributed by atoms with van der Waals surface area (Å²) < 4.78 is 0. The summed E-state index contributed by atoms with van der Waals surface area (Å²) in [5, 5.41) is 19.8. The summed E-state index contributed by atoms with van der Waals surface area (Å²) >= 11 is 5.87. The first kappa shape index (κ1) is 10.3. The van der Waals surface area contributed by atoms with E-state index in [0.717, 1.165) is 6.20 Å². The molecule has 2 rings (SSSR count). The zero-order valence-electron chi connectivity index (χ0n) is 7.85. The van der Waals surface area contributed by atoms with Crippen LogP contribution in [0.1, 0.15) is 5.56 Å². The van der Waals surface area contributed by atoms with Crippen LogP contribution in [0.5, 0.6) is 0 Å². The molecule has 0 unspecified atom stereocenters. The zero-order valence-corrected chi connectivity index (χ0v) is 8.60. The van der Waals surface area contributed by atoms with Gasteiger partial charge in [0.1, 0.15) is 11.2 Å². The third-order valence-electron chi connectivity index (χ3n) is 2.11. The predicted molar refractivity (Wildman–Crippen MR) is 58.1 cm³/mol. The molecule has 2 aromatic rings. The minimum Gasteiger partial charge on any atom is -0.258 e. The molecule has 1 heterocycles. The molecule has 0 bridgehead atoms. The monoisotopic (exact) mass is 233 g/mol. The molecular weight excluding hydrogens is 230 g/mol. The van der Waals surface area contributed by atoms with Crippen molar-refractivity contribution in [2.45, 2.75) is 0 Å². The Morgan fingerprint density at radius 2 is 2.25 bits per heavy atom. The molecule has 0 radical (unpaired) electrons. The van der Waals surface area contributed by atoms with Crippen LogP contribution < -0.4 is 0 Å². The van der Waals surface area contributed by atoms with E-state index in [1.807, 2.05) is 6.07 Å². The van der Waals surface area contributed by atoms with Gasteiger partial charge < -0.3 is 0 Å². The van der Waals surface area contributed by atoms with Gasteiger partial charge in [0.15, 0.2) is 0 Å². The number of nitro groups is 1. The summed E-state index contributed by atoms with van der Waals surface area (Å²) in [7, 11) is 0. The molecule has 0 saturated heterocycles. The molecule has 0 aliphatic rings. The number of halogens is 1. The second kappa shape index (κ2) is 3.76. The average Bonchev–Trinajstić information content (AvgIpc) is 2.28. The molecular formula is C10H4ClN3O2. The van der Waals surface area contributed by atoms with Crippen LogP contribution in [0.4, 0.5) is 5.69 Å². The Morgan fingerprint density at radius 1 is 1.50 bits per heavy atom. The van der Waals surface area contributed by atoms with Crippen LogP contribution in [0.15, 0.2) is 24.4 Å². The van der Waals surface area contributed by atoms with Crippen molar-refractivity contribution in [2.75, 3.05) is 0 Å². The molecule has 0 amide bonds. The Labute approximate surface area is 95.0 Å². The normalized spacial score (nSPS) is 10.0. The Bertz CT molecular complexity index is 634. The molecule has 0 aliphatic carbocycles. The van der Waals surface area contributed by atoms with Crippen molar-refractivity contribution >= 4 is 28.2 Å². The highest BCUT2D eigenvalue weighted by Gasteiger charge is 2.16. The van der Waals surface area contributed by atoms with E-state index >= 15 is 0 Å². The van der Waals surface area contributed by atoms with Crippen molar-refractivity contribution in [1.29, 1.82) is 5.26 Å². The zero-order chi connectivity index (χ0) is 11.7. The molecule has 0 fully saturated rings. The first-order valence-electron chi connectivity index (χ1n) is 4.26. The molecule has 5 nitrogen and oxygen atoms in total. The summed E-state index contributed by atoms with van der Waals surface area (Å²) in [5.41, 5.74) is 0.649. The van der Waals surface area contributed by atoms with Gasteiger partial charge in [0.2, 0.25) is 0 Å². The third-order valence-corrected chi connectivity index (χ3v) is 2.51. The van der Waals surface area contributed by atoms with Crippen molar-refractivity contribution in [2.24, 2.45) is 0 Å². The minimum absolute atomic E-state index is 0.00657. The SMILES string of the molecule is N#Cc1ccc2ncc([N+](=O)[O-])c(Cl)c2c1. The summed E-state index contributed by atoms with van der Waals surface area (Å²) in [5.74, 6) is 0. The van der Waals surface area contributed by atoms with Crippen LogP contribution >= 0.6 is 11.6 Å². The van der Waals surface area contributed by atoms with E-state index in [0.29, 0.717) is 16.5 Å². The van der Waals surface area contributed by atoms with E-state index in [1.165, 1.54) is 6.07 Å². The van der Waals surface area contributed by atoms with Gasteiger partial charge in [-0.15, -0.1) is 0 Å². The number of aromatic nitrogens is 1. The van der Waals surface area contributed by atoms with Crippen LogP contribution in [0, 0.1) is 21.4 Å². The largest absolute Gasteiger partial charge is 0.306 e. The van der Waals surface area contributed by atoms with E-state index in [9.17, 15) is 10.1 Å². The van der Waals surface area contributed by atoms with Crippen LogP contribution in [0.25, 0.3) is 10.9 Å². The van der Waals surface area contributed by atoms with Gasteiger partial charge in [0.05, 0.1) is 22.1 Å². The van der Waals surface area contributed by atoms with Gasteiger partial charge in [-0.2, -0.15) is 5.26 Å². The molecule has 0 N–H and O–H groups in total. The molecule has 0 spiro atoms. The summed E-state index contributed by atoms with van der Waals surface area (Å²) in [4.78, 5) is 13.9. The maximum absolute atomic E-state index is 10.6. The number of hydrogen-bond donors (Lipinski definition) is 0. The van der Waals surface area contributed by atoms with Crippen LogP contribution in [0.2, 0.25) is 5.02 Å². The molecule has 16 heavy (non-hydrogen) atoms. The van der Waals surface area contributed by atoms with Gasteiger partial charge in [-0.3, -0.25) is 10.1 Å². The maximum Gasteiger partial charge on any atom is 0.306 e. The standard InChI is InChI=1S/C10H4ClN3O2/c11-10-7-3-6(4-12)1-2-8(7)13-5-9(10)14(15)16/h1-3,5H. The Balaban J connectivity index is 2.82. The fourth-order valence-electron chi connectivity index (χ4n) is 1.35. The molecule has 78 valence electrons. The van der Waals surface area contributed by atoms with Gasteiger partial charge in [0, 0.05) is 5.39 Å². The second-order valence-corrected chi connectivity index (χ2v) is 3.44. The number of pyridine rings is 1. The molecule has 0 atom stereocenters. The van der Waals surface area contributed by atoms with E-state index < -0.39 is 4.92 Å². The summed E-state index contributed by atoms with van der Waals surface area (Å²) in [6.45, 7) is 0. The van der Waals surface area contributed by atoms with E-state index in [4.69, 9.17) is 16.9 Å². The number of hydrogen-bond acceptors (Lipinski definition) is 4. The number of nitrogens with zero attached hydrogens (tertiary/aromatic N) is 3. The molecule has 1 aromatic carbocycles. The maximum atomic E-state index is 10.6. The lowest BCUT2D eigenvalue weighted by Crippen LogP contribution is -1.92. The average molecular weight is 234 g/mol. The highest BCUT2D eigenvalue weighted by atomic mass is 35.5. The van der Waals surface area contributed by atoms with Gasteiger partial charge in [-0.1, -0.05) is 11.6 Å². The number of fused-ring (bicyclic) bond motifs is 1. The molecule has 1 aromatic heterocycles. The molecule has 0 saturated carbocycles. The van der Waals surface area contributed by atoms with Crippen molar-refractivity contribution in [3.05, 3.63) is 45.1 Å². The lowest BCUT2D eigenvalue weighted by molar-refractivity contribution is -0.384. The quantitative estimate of drug-likeness (QED) is 0.560. The van der Waals surface area contributed by atoms with Gasteiger partial charge in [0.25, 0.3) is 0 Å². The Kier molecular flexibility index (Phi) is 2.43. The first-order valence-corrected chi connectivity index (χ1v) is 4.64. The third kappa shape index (κ3) is 1.55. The van der Waals surface area contributed by atoms with Gasteiger partial charge in [-0.25, -0.2) is 4.98 Å². The molecule has 6 heteroatoms. The number of rotatable bonds is 1. The Morgan fingerprint density at radius 3 is 2.88 bits per heavy atom. The first-order chi connectivity index (χ1) is 7.63. The lowest BCUT2D eigenvalue weighted by Gasteiger charge is -2.00. The summed E-state index contributed by atoms with van der Waals surface area (Å²) in [6, 6.07) is 6.60. The summed E-state index contributed by atoms with van der Waals surface area (Å²) in [6.07, 6.45) is 1.11. The van der Waals surface area contributed by atoms with Crippen molar-refractivity contribution in [3.63, 3.8) is 0 Å². The number of benzene rings is 1. The number of nitriles is 1. The molecule has 0 aliphatic heterocycles. The van der Waals surface area contributed by atoms with Crippen molar-refractivity contribution in [1.82, 2.24) is 4.98 Å². The second-order valence-electron chi connectivity index (χ2n) is 3.06. The fourth-order valence-corrected chi connectivity index (χ4v) is 1.62. The fraction of sp³-hybridized carbons (Fsp3) is 0. The highest BCUT2D eigenvalue weighted by Crippen LogP contribution is 2.31. The Hall–Kier alpha value is -2.19. The van der Waals surface area contributed by atoms with E-state index in [1.54, 1.807) is 12.1 Å². The lowest BCUT2D eigenvalue weighted by atomic mass is 10.1. The van der Waals surface area contributed by atoms with Crippen LogP contribution in [0.3, 0.4) is 0 Å². The van der Waals surface area contributed by atoms with Crippen LogP contribution in [-0.4, -0.2) is 9.91 Å². The topological polar surface area (TPSA) is 79.8 Å². The van der Waals surface area contributed by atoms with Gasteiger partial charge >= 0.3 is 5.69 Å². The highest BCUT2D eigenvalue weighted by molar-refractivity contribution is 6.37. The smallest absolute Gasteiger partial charge is 0.258 e. The van der Waals surface area contributed by atoms with Crippen molar-refractivity contribution < 1.29 is 4.92 Å². The van der Waals surface area contributed by atoms with E-state index in [-0.39, 0.29) is 10.7 Å². The van der Waals surface area contributed by atoms with E-state index in [2.05, 4.69) is 4.98 Å².